The van der Waals surface area contributed by atoms with E-state index < -0.39 is 0 Å². The Balaban J connectivity index is 0.00000256. The molecular weight excluding hydrogens is 310 g/mol. The van der Waals surface area contributed by atoms with Gasteiger partial charge < -0.3 is 10.6 Å². The van der Waals surface area contributed by atoms with Crippen molar-refractivity contribution >= 4 is 34.2 Å². The van der Waals surface area contributed by atoms with Gasteiger partial charge in [-0.1, -0.05) is 6.07 Å². The van der Waals surface area contributed by atoms with E-state index in [0.717, 1.165) is 5.56 Å². The number of likely N-dealkylation sites (N-methyl/N-ethyl adjacent to an activating group) is 1. The number of benzene rings is 1. The molecule has 0 saturated heterocycles. The normalized spacial score (nSPS) is 9.59. The molecule has 96 valence electrons. The molecule has 0 fully saturated rings. The van der Waals surface area contributed by atoms with Crippen molar-refractivity contribution in [1.29, 1.82) is 0 Å². The van der Waals surface area contributed by atoms with E-state index in [0.29, 0.717) is 24.0 Å². The molecule has 0 radical (unpaired) electrons. The minimum atomic E-state index is -0.275. The molecule has 0 bridgehead atoms. The fourth-order valence-electron chi connectivity index (χ4n) is 1.26. The zero-order chi connectivity index (χ0) is 12.0. The van der Waals surface area contributed by atoms with E-state index in [1.165, 1.54) is 6.07 Å². The van der Waals surface area contributed by atoms with Crippen molar-refractivity contribution < 1.29 is 9.18 Å². The topological polar surface area (TPSA) is 41.1 Å². The second-order valence-electron chi connectivity index (χ2n) is 3.38. The maximum absolute atomic E-state index is 12.9. The smallest absolute Gasteiger partial charge is 0.233 e. The Morgan fingerprint density at radius 3 is 2.76 bits per heavy atom. The molecule has 0 unspecified atom stereocenters. The molecule has 1 aromatic carbocycles. The standard InChI is InChI=1S/C11H14BrFN2O.ClH/c1-14-7-11(16)15-5-4-8-2-3-10(13)9(12)6-8;/h2-3,6,14H,4-5,7H2,1H3,(H,15,16);1H. The molecule has 0 aliphatic heterocycles. The monoisotopic (exact) mass is 324 g/mol. The summed E-state index contributed by atoms with van der Waals surface area (Å²) < 4.78 is 13.4. The molecule has 3 nitrogen and oxygen atoms in total. The van der Waals surface area contributed by atoms with E-state index >= 15 is 0 Å². The Labute approximate surface area is 115 Å². The first kappa shape index (κ1) is 16.4. The first-order valence-corrected chi connectivity index (χ1v) is 5.78. The Morgan fingerprint density at radius 1 is 1.47 bits per heavy atom. The fourth-order valence-corrected chi connectivity index (χ4v) is 1.69. The predicted molar refractivity (Wildman–Crippen MR) is 72.0 cm³/mol. The van der Waals surface area contributed by atoms with Crippen LogP contribution in [0.1, 0.15) is 5.56 Å². The summed E-state index contributed by atoms with van der Waals surface area (Å²) in [5.74, 6) is -0.313. The number of hydrogen-bond acceptors (Lipinski definition) is 2. The van der Waals surface area contributed by atoms with E-state index in [9.17, 15) is 9.18 Å². The molecule has 0 aliphatic carbocycles. The summed E-state index contributed by atoms with van der Waals surface area (Å²) in [5, 5.41) is 5.52. The highest BCUT2D eigenvalue weighted by atomic mass is 79.9. The lowest BCUT2D eigenvalue weighted by Gasteiger charge is -2.05. The highest BCUT2D eigenvalue weighted by Crippen LogP contribution is 2.16. The molecule has 1 aromatic rings. The van der Waals surface area contributed by atoms with Crippen LogP contribution in [-0.2, 0) is 11.2 Å². The van der Waals surface area contributed by atoms with Gasteiger partial charge >= 0.3 is 0 Å². The third-order valence-corrected chi connectivity index (χ3v) is 2.66. The largest absolute Gasteiger partial charge is 0.355 e. The van der Waals surface area contributed by atoms with Crippen molar-refractivity contribution in [3.8, 4) is 0 Å². The molecule has 1 rings (SSSR count). The van der Waals surface area contributed by atoms with Crippen molar-refractivity contribution in [3.05, 3.63) is 34.1 Å². The van der Waals surface area contributed by atoms with Gasteiger partial charge in [0, 0.05) is 6.54 Å². The van der Waals surface area contributed by atoms with Crippen LogP contribution in [0, 0.1) is 5.82 Å². The van der Waals surface area contributed by atoms with Crippen molar-refractivity contribution in [2.24, 2.45) is 0 Å². The highest BCUT2D eigenvalue weighted by Gasteiger charge is 2.01. The average molecular weight is 326 g/mol. The summed E-state index contributed by atoms with van der Waals surface area (Å²) in [6, 6.07) is 4.85. The molecule has 17 heavy (non-hydrogen) atoms. The SMILES string of the molecule is CNCC(=O)NCCc1ccc(F)c(Br)c1.Cl. The molecule has 1 amide bonds. The maximum Gasteiger partial charge on any atom is 0.233 e. The lowest BCUT2D eigenvalue weighted by molar-refractivity contribution is -0.120. The van der Waals surface area contributed by atoms with E-state index in [1.54, 1.807) is 19.2 Å². The summed E-state index contributed by atoms with van der Waals surface area (Å²) in [7, 11) is 1.72. The Bertz CT molecular complexity index is 376. The number of carbonyl (C=O) groups is 1. The van der Waals surface area contributed by atoms with Gasteiger partial charge in [0.2, 0.25) is 5.91 Å². The van der Waals surface area contributed by atoms with Crippen LogP contribution in [-0.4, -0.2) is 26.0 Å². The second kappa shape index (κ2) is 8.44. The van der Waals surface area contributed by atoms with E-state index in [1.807, 2.05) is 0 Å². The van der Waals surface area contributed by atoms with Crippen molar-refractivity contribution in [1.82, 2.24) is 10.6 Å². The van der Waals surface area contributed by atoms with Gasteiger partial charge in [-0.2, -0.15) is 0 Å². The van der Waals surface area contributed by atoms with Gasteiger partial charge in [-0.3, -0.25) is 4.79 Å². The van der Waals surface area contributed by atoms with Gasteiger partial charge in [0.05, 0.1) is 11.0 Å². The highest BCUT2D eigenvalue weighted by molar-refractivity contribution is 9.10. The van der Waals surface area contributed by atoms with E-state index in [2.05, 4.69) is 26.6 Å². The Morgan fingerprint density at radius 2 is 2.18 bits per heavy atom. The molecule has 6 heteroatoms. The minimum Gasteiger partial charge on any atom is -0.355 e. The molecular formula is C11H15BrClFN2O. The summed E-state index contributed by atoms with van der Waals surface area (Å²) in [6.07, 6.45) is 0.689. The van der Waals surface area contributed by atoms with Gasteiger partial charge in [0.15, 0.2) is 0 Å². The van der Waals surface area contributed by atoms with Crippen LogP contribution >= 0.6 is 28.3 Å². The minimum absolute atomic E-state index is 0. The average Bonchev–Trinajstić information content (AvgIpc) is 2.24. The van der Waals surface area contributed by atoms with E-state index in [-0.39, 0.29) is 24.1 Å². The van der Waals surface area contributed by atoms with Crippen LogP contribution in [0.2, 0.25) is 0 Å². The first-order chi connectivity index (χ1) is 7.63. The Hall–Kier alpha value is -0.650. The van der Waals surface area contributed by atoms with Crippen LogP contribution in [0.15, 0.2) is 22.7 Å². The van der Waals surface area contributed by atoms with Crippen LogP contribution in [0.25, 0.3) is 0 Å². The number of rotatable bonds is 5. The summed E-state index contributed by atoms with van der Waals surface area (Å²) in [5.41, 5.74) is 0.984. The number of amides is 1. The van der Waals surface area contributed by atoms with Crippen LogP contribution < -0.4 is 10.6 Å². The lowest BCUT2D eigenvalue weighted by Crippen LogP contribution is -2.33. The van der Waals surface area contributed by atoms with Crippen LogP contribution in [0.5, 0.6) is 0 Å². The quantitative estimate of drug-likeness (QED) is 0.868. The van der Waals surface area contributed by atoms with Gasteiger partial charge in [0.25, 0.3) is 0 Å². The van der Waals surface area contributed by atoms with Crippen molar-refractivity contribution in [2.75, 3.05) is 20.1 Å². The molecule has 0 heterocycles. The second-order valence-corrected chi connectivity index (χ2v) is 4.23. The zero-order valence-electron chi connectivity index (χ0n) is 9.43. The predicted octanol–water partition coefficient (Wildman–Crippen LogP) is 1.89. The number of halogens is 3. The first-order valence-electron chi connectivity index (χ1n) is 4.98. The van der Waals surface area contributed by atoms with Gasteiger partial charge in [-0.15, -0.1) is 12.4 Å². The Kier molecular flexibility index (Phi) is 8.12. The number of hydrogen-bond donors (Lipinski definition) is 2. The van der Waals surface area contributed by atoms with Gasteiger partial charge in [-0.25, -0.2) is 4.39 Å². The number of carbonyl (C=O) groups excluding carboxylic acids is 1. The summed E-state index contributed by atoms with van der Waals surface area (Å²) in [6.45, 7) is 0.867. The third kappa shape index (κ3) is 6.00. The molecule has 0 atom stereocenters. The molecule has 2 N–H and O–H groups in total. The van der Waals surface area contributed by atoms with Crippen molar-refractivity contribution in [2.45, 2.75) is 6.42 Å². The van der Waals surface area contributed by atoms with E-state index in [4.69, 9.17) is 0 Å². The zero-order valence-corrected chi connectivity index (χ0v) is 11.8. The van der Waals surface area contributed by atoms with Crippen LogP contribution in [0.4, 0.5) is 4.39 Å². The third-order valence-electron chi connectivity index (χ3n) is 2.06. The lowest BCUT2D eigenvalue weighted by atomic mass is 10.1. The van der Waals surface area contributed by atoms with Crippen LogP contribution in [0.3, 0.4) is 0 Å². The molecule has 0 spiro atoms. The maximum atomic E-state index is 12.9. The fraction of sp³-hybridized carbons (Fsp3) is 0.364. The number of nitrogens with one attached hydrogen (secondary N) is 2. The van der Waals surface area contributed by atoms with Crippen molar-refractivity contribution in [3.63, 3.8) is 0 Å². The molecule has 0 aromatic heterocycles. The summed E-state index contributed by atoms with van der Waals surface area (Å²) in [4.78, 5) is 11.1. The van der Waals surface area contributed by atoms with Gasteiger partial charge in [-0.05, 0) is 47.1 Å². The molecule has 0 saturated carbocycles. The molecule has 0 aliphatic rings. The summed E-state index contributed by atoms with van der Waals surface area (Å²) >= 11 is 3.12. The van der Waals surface area contributed by atoms with Gasteiger partial charge in [0.1, 0.15) is 5.82 Å².